The van der Waals surface area contributed by atoms with Gasteiger partial charge in [0, 0.05) is 24.5 Å². The van der Waals surface area contributed by atoms with Crippen LogP contribution >= 0.6 is 0 Å². The Kier molecular flexibility index (Phi) is 2.94. The van der Waals surface area contributed by atoms with E-state index in [-0.39, 0.29) is 18.9 Å². The van der Waals surface area contributed by atoms with Gasteiger partial charge in [-0.05, 0) is 6.07 Å². The maximum Gasteiger partial charge on any atom is 0.328 e. The number of anilines is 1. The van der Waals surface area contributed by atoms with Crippen molar-refractivity contribution in [3.05, 3.63) is 24.4 Å². The molecule has 0 saturated carbocycles. The van der Waals surface area contributed by atoms with Crippen molar-refractivity contribution in [2.24, 2.45) is 0 Å². The molecule has 102 valence electrons. The summed E-state index contributed by atoms with van der Waals surface area (Å²) in [5.74, 6) is -0.273. The van der Waals surface area contributed by atoms with Crippen LogP contribution in [0.15, 0.2) is 24.4 Å². The van der Waals surface area contributed by atoms with Crippen LogP contribution in [-0.4, -0.2) is 34.5 Å². The standard InChI is InChI=1S/C13H12N4O3/c18-7-6-16-8-9-2-1-3-10(12(9)15-16)17-5-4-11(19)14-13(17)20/h1-3,7-8H,4-6H2,(H,14,19,20). The third-order valence-electron chi connectivity index (χ3n) is 3.17. The van der Waals surface area contributed by atoms with E-state index in [4.69, 9.17) is 0 Å². The molecule has 0 spiro atoms. The fourth-order valence-corrected chi connectivity index (χ4v) is 2.26. The number of benzene rings is 1. The molecule has 0 aliphatic carbocycles. The van der Waals surface area contributed by atoms with Crippen LogP contribution in [0.1, 0.15) is 6.42 Å². The Hall–Kier alpha value is -2.70. The molecule has 7 nitrogen and oxygen atoms in total. The lowest BCUT2D eigenvalue weighted by Crippen LogP contribution is -2.49. The van der Waals surface area contributed by atoms with Crippen molar-refractivity contribution in [1.82, 2.24) is 15.1 Å². The van der Waals surface area contributed by atoms with Crippen LogP contribution in [0, 0.1) is 0 Å². The Bertz CT molecular complexity index is 707. The van der Waals surface area contributed by atoms with Gasteiger partial charge >= 0.3 is 6.03 Å². The average Bonchev–Trinajstić information content (AvgIpc) is 2.82. The number of urea groups is 1. The van der Waals surface area contributed by atoms with E-state index in [2.05, 4.69) is 10.4 Å². The third kappa shape index (κ3) is 2.03. The number of aromatic nitrogens is 2. The van der Waals surface area contributed by atoms with E-state index >= 15 is 0 Å². The molecule has 0 bridgehead atoms. The van der Waals surface area contributed by atoms with Gasteiger partial charge in [-0.2, -0.15) is 5.10 Å². The van der Waals surface area contributed by atoms with Crippen molar-refractivity contribution in [2.75, 3.05) is 11.4 Å². The van der Waals surface area contributed by atoms with E-state index in [0.717, 1.165) is 11.7 Å². The summed E-state index contributed by atoms with van der Waals surface area (Å²) in [6.07, 6.45) is 2.77. The molecule has 0 unspecified atom stereocenters. The van der Waals surface area contributed by atoms with Gasteiger partial charge < -0.3 is 4.79 Å². The Morgan fingerprint density at radius 3 is 2.95 bits per heavy atom. The molecule has 1 aromatic carbocycles. The lowest BCUT2D eigenvalue weighted by atomic mass is 10.2. The summed E-state index contributed by atoms with van der Waals surface area (Å²) in [6, 6.07) is 5.00. The number of hydrogen-bond acceptors (Lipinski definition) is 4. The summed E-state index contributed by atoms with van der Waals surface area (Å²) in [7, 11) is 0. The molecule has 20 heavy (non-hydrogen) atoms. The fraction of sp³-hybridized carbons (Fsp3) is 0.231. The number of aldehydes is 1. The number of fused-ring (bicyclic) bond motifs is 1. The van der Waals surface area contributed by atoms with Crippen molar-refractivity contribution >= 4 is 34.8 Å². The van der Waals surface area contributed by atoms with Crippen LogP contribution in [0.25, 0.3) is 10.9 Å². The molecule has 2 aromatic rings. The number of carbonyl (C=O) groups is 3. The first-order valence-corrected chi connectivity index (χ1v) is 6.20. The number of rotatable bonds is 3. The van der Waals surface area contributed by atoms with E-state index in [1.54, 1.807) is 12.3 Å². The van der Waals surface area contributed by atoms with Crippen molar-refractivity contribution < 1.29 is 14.4 Å². The Morgan fingerprint density at radius 2 is 2.20 bits per heavy atom. The van der Waals surface area contributed by atoms with Gasteiger partial charge in [-0.1, -0.05) is 12.1 Å². The first kappa shape index (κ1) is 12.3. The summed E-state index contributed by atoms with van der Waals surface area (Å²) in [5, 5.41) is 7.43. The molecule has 1 aromatic heterocycles. The van der Waals surface area contributed by atoms with E-state index in [1.165, 1.54) is 9.58 Å². The van der Waals surface area contributed by atoms with Crippen LogP contribution in [0.2, 0.25) is 0 Å². The summed E-state index contributed by atoms with van der Waals surface area (Å²) in [6.45, 7) is 0.489. The molecule has 3 rings (SSSR count). The lowest BCUT2D eigenvalue weighted by molar-refractivity contribution is -0.120. The molecule has 1 aliphatic rings. The van der Waals surface area contributed by atoms with E-state index in [1.807, 2.05) is 12.1 Å². The molecular weight excluding hydrogens is 260 g/mol. The van der Waals surface area contributed by atoms with Gasteiger partial charge in [0.1, 0.15) is 11.8 Å². The number of carbonyl (C=O) groups excluding carboxylic acids is 3. The number of nitrogens with zero attached hydrogens (tertiary/aromatic N) is 3. The molecule has 0 atom stereocenters. The average molecular weight is 272 g/mol. The zero-order valence-corrected chi connectivity index (χ0v) is 10.6. The number of nitrogens with one attached hydrogen (secondary N) is 1. The van der Waals surface area contributed by atoms with Gasteiger partial charge in [0.2, 0.25) is 5.91 Å². The monoisotopic (exact) mass is 272 g/mol. The molecule has 3 amide bonds. The number of amides is 3. The van der Waals surface area contributed by atoms with Gasteiger partial charge in [-0.15, -0.1) is 0 Å². The second-order valence-electron chi connectivity index (χ2n) is 4.49. The van der Waals surface area contributed by atoms with Gasteiger partial charge in [-0.3, -0.25) is 19.7 Å². The van der Waals surface area contributed by atoms with Crippen molar-refractivity contribution in [1.29, 1.82) is 0 Å². The number of hydrogen-bond donors (Lipinski definition) is 1. The van der Waals surface area contributed by atoms with Crippen LogP contribution < -0.4 is 10.2 Å². The highest BCUT2D eigenvalue weighted by Crippen LogP contribution is 2.26. The Labute approximate surface area is 114 Å². The normalized spacial score (nSPS) is 15.5. The van der Waals surface area contributed by atoms with Crippen molar-refractivity contribution in [3.63, 3.8) is 0 Å². The van der Waals surface area contributed by atoms with E-state index in [0.29, 0.717) is 17.7 Å². The summed E-state index contributed by atoms with van der Waals surface area (Å²) < 4.78 is 1.52. The second kappa shape index (κ2) is 4.76. The van der Waals surface area contributed by atoms with Crippen LogP contribution in [0.3, 0.4) is 0 Å². The highest BCUT2D eigenvalue weighted by atomic mass is 16.2. The van der Waals surface area contributed by atoms with Crippen LogP contribution in [0.5, 0.6) is 0 Å². The molecule has 2 heterocycles. The van der Waals surface area contributed by atoms with Crippen molar-refractivity contribution in [3.8, 4) is 0 Å². The highest BCUT2D eigenvalue weighted by Gasteiger charge is 2.26. The molecule has 1 fully saturated rings. The van der Waals surface area contributed by atoms with Gasteiger partial charge in [-0.25, -0.2) is 4.79 Å². The maximum absolute atomic E-state index is 11.9. The van der Waals surface area contributed by atoms with E-state index in [9.17, 15) is 14.4 Å². The smallest absolute Gasteiger partial charge is 0.301 e. The zero-order chi connectivity index (χ0) is 14.1. The minimum Gasteiger partial charge on any atom is -0.301 e. The van der Waals surface area contributed by atoms with E-state index < -0.39 is 6.03 Å². The SMILES string of the molecule is O=CCn1cc2cccc(N3CCC(=O)NC3=O)c2n1. The zero-order valence-electron chi connectivity index (χ0n) is 10.6. The van der Waals surface area contributed by atoms with Gasteiger partial charge in [0.15, 0.2) is 0 Å². The fourth-order valence-electron chi connectivity index (χ4n) is 2.26. The maximum atomic E-state index is 11.9. The lowest BCUT2D eigenvalue weighted by Gasteiger charge is -2.26. The van der Waals surface area contributed by atoms with Gasteiger partial charge in [0.05, 0.1) is 12.2 Å². The molecular formula is C13H12N4O3. The first-order chi connectivity index (χ1) is 9.69. The Balaban J connectivity index is 2.04. The highest BCUT2D eigenvalue weighted by molar-refractivity contribution is 6.09. The molecule has 0 radical (unpaired) electrons. The van der Waals surface area contributed by atoms with Gasteiger partial charge in [0.25, 0.3) is 0 Å². The summed E-state index contributed by atoms with van der Waals surface area (Å²) >= 11 is 0. The molecule has 1 N–H and O–H groups in total. The summed E-state index contributed by atoms with van der Waals surface area (Å²) in [5.41, 5.74) is 1.27. The minimum absolute atomic E-state index is 0.165. The largest absolute Gasteiger partial charge is 0.328 e. The first-order valence-electron chi connectivity index (χ1n) is 6.20. The quantitative estimate of drug-likeness (QED) is 0.833. The predicted molar refractivity (Wildman–Crippen MR) is 71.3 cm³/mol. The molecule has 1 aliphatic heterocycles. The minimum atomic E-state index is -0.446. The second-order valence-corrected chi connectivity index (χ2v) is 4.49. The molecule has 7 heteroatoms. The van der Waals surface area contributed by atoms with Crippen LogP contribution in [-0.2, 0) is 16.1 Å². The predicted octanol–water partition coefficient (Wildman–Crippen LogP) is 0.681. The van der Waals surface area contributed by atoms with Crippen molar-refractivity contribution in [2.45, 2.75) is 13.0 Å². The number of imide groups is 1. The topological polar surface area (TPSA) is 84.3 Å². The Morgan fingerprint density at radius 1 is 1.35 bits per heavy atom. The molecule has 1 saturated heterocycles. The third-order valence-corrected chi connectivity index (χ3v) is 3.17. The summed E-state index contributed by atoms with van der Waals surface area (Å²) in [4.78, 5) is 35.1. The van der Waals surface area contributed by atoms with Crippen LogP contribution in [0.4, 0.5) is 10.5 Å².